The van der Waals surface area contributed by atoms with E-state index in [2.05, 4.69) is 88.6 Å². The van der Waals surface area contributed by atoms with Crippen molar-refractivity contribution < 1.29 is 19.1 Å². The zero-order valence-corrected chi connectivity index (χ0v) is 30.2. The summed E-state index contributed by atoms with van der Waals surface area (Å²) in [6.45, 7) is 7.80. The van der Waals surface area contributed by atoms with Crippen molar-refractivity contribution in [2.75, 3.05) is 31.6 Å². The Balaban J connectivity index is 1.17. The normalized spacial score (nSPS) is 13.9. The summed E-state index contributed by atoms with van der Waals surface area (Å²) in [5, 5.41) is 8.70. The van der Waals surface area contributed by atoms with E-state index in [0.29, 0.717) is 51.1 Å². The van der Waals surface area contributed by atoms with E-state index < -0.39 is 0 Å². The number of amides is 3. The number of carbonyl (C=O) groups excluding carboxylic acids is 3. The van der Waals surface area contributed by atoms with Crippen LogP contribution in [-0.2, 0) is 25.5 Å². The third-order valence-electron chi connectivity index (χ3n) is 8.30. The first kappa shape index (κ1) is 39.7. The Morgan fingerprint density at radius 2 is 1.36 bits per heavy atom. The van der Waals surface area contributed by atoms with Crippen LogP contribution in [0.15, 0.2) is 85.0 Å². The van der Waals surface area contributed by atoms with Crippen LogP contribution in [-0.4, -0.2) is 49.0 Å². The zero-order chi connectivity index (χ0) is 35.8. The molecule has 4 N–H and O–H groups in total. The lowest BCUT2D eigenvalue weighted by Gasteiger charge is -2.08. The minimum atomic E-state index is -0.114. The Hall–Kier alpha value is -4.69. The maximum Gasteiger partial charge on any atom is 0.256 e. The van der Waals surface area contributed by atoms with Crippen molar-refractivity contribution in [3.8, 4) is 0 Å². The fourth-order valence-electron chi connectivity index (χ4n) is 5.55. The first-order valence-corrected chi connectivity index (χ1v) is 18.1. The number of allylic oxidation sites excluding steroid dienone is 10. The van der Waals surface area contributed by atoms with E-state index in [1.807, 2.05) is 44.2 Å². The Kier molecular flexibility index (Phi) is 18.8. The molecule has 3 rings (SSSR count). The number of hydrogen-bond donors (Lipinski definition) is 4. The molecule has 1 aliphatic rings. The molecular weight excluding hydrogens is 624 g/mol. The van der Waals surface area contributed by atoms with Crippen molar-refractivity contribution in [1.29, 1.82) is 0 Å². The molecule has 0 spiro atoms. The van der Waals surface area contributed by atoms with Gasteiger partial charge < -0.3 is 25.7 Å². The van der Waals surface area contributed by atoms with Gasteiger partial charge in [0.1, 0.15) is 0 Å². The third-order valence-corrected chi connectivity index (χ3v) is 8.30. The van der Waals surface area contributed by atoms with Crippen LogP contribution in [0.3, 0.4) is 0 Å². The number of hydrogen-bond acceptors (Lipinski definition) is 4. The molecule has 8 nitrogen and oxygen atoms in total. The topological polar surface area (TPSA) is 112 Å². The van der Waals surface area contributed by atoms with E-state index in [4.69, 9.17) is 4.74 Å². The molecule has 0 fully saturated rings. The number of aromatic nitrogens is 1. The van der Waals surface area contributed by atoms with Crippen LogP contribution < -0.4 is 16.0 Å². The van der Waals surface area contributed by atoms with Crippen LogP contribution in [0.2, 0.25) is 0 Å². The molecule has 1 aromatic heterocycles. The van der Waals surface area contributed by atoms with Gasteiger partial charge in [0.05, 0.1) is 18.8 Å². The van der Waals surface area contributed by atoms with E-state index >= 15 is 0 Å². The summed E-state index contributed by atoms with van der Waals surface area (Å²) >= 11 is 0. The molecule has 0 aliphatic carbocycles. The molecule has 3 amide bonds. The molecule has 1 aliphatic heterocycles. The van der Waals surface area contributed by atoms with Gasteiger partial charge in [-0.3, -0.25) is 14.4 Å². The van der Waals surface area contributed by atoms with Gasteiger partial charge in [0.25, 0.3) is 5.91 Å². The minimum absolute atomic E-state index is 0.0280. The van der Waals surface area contributed by atoms with E-state index in [1.54, 1.807) is 0 Å². The summed E-state index contributed by atoms with van der Waals surface area (Å²) in [5.41, 5.74) is 6.34. The quantitative estimate of drug-likeness (QED) is 0.0538. The fourth-order valence-corrected chi connectivity index (χ4v) is 5.55. The lowest BCUT2D eigenvalue weighted by molar-refractivity contribution is -0.121. The van der Waals surface area contributed by atoms with Crippen molar-refractivity contribution >= 4 is 35.1 Å². The highest BCUT2D eigenvalue weighted by atomic mass is 16.5. The summed E-state index contributed by atoms with van der Waals surface area (Å²) in [6, 6.07) is 7.65. The fraction of sp³-hybridized carbons (Fsp3) is 0.405. The van der Waals surface area contributed by atoms with Crippen LogP contribution in [0.25, 0.3) is 11.6 Å². The van der Waals surface area contributed by atoms with Crippen LogP contribution >= 0.6 is 0 Å². The molecule has 50 heavy (non-hydrogen) atoms. The van der Waals surface area contributed by atoms with Gasteiger partial charge in [-0.15, -0.1) is 0 Å². The Morgan fingerprint density at radius 1 is 0.780 bits per heavy atom. The largest absolute Gasteiger partial charge is 0.378 e. The predicted octanol–water partition coefficient (Wildman–Crippen LogP) is 8.23. The summed E-state index contributed by atoms with van der Waals surface area (Å²) < 4.78 is 5.57. The standard InChI is InChI=1S/C42H56N4O4/c1-4-5-6-7-8-9-10-11-12-13-14-15-16-17-18-19-20-25-40(47)43-28-30-50-31-29-44-41(48)27-26-35-33(2)39(45-34(35)3)32-37-36-23-21-22-24-38(36)46-42(37)49/h5-6,8-9,11-12,14-15,17-18,21-24,32,45H,4,7,10,13,16,19-20,25-31H2,1-3H3,(H,43,47)(H,44,48)(H,46,49)/b6-5-,9-8-,12-11-,15-14-,18-17-,37-32-. The molecule has 0 saturated carbocycles. The number of nitrogens with one attached hydrogen (secondary N) is 4. The number of aromatic amines is 1. The third kappa shape index (κ3) is 14.8. The smallest absolute Gasteiger partial charge is 0.256 e. The number of rotatable bonds is 23. The van der Waals surface area contributed by atoms with E-state index in [1.165, 1.54) is 0 Å². The van der Waals surface area contributed by atoms with Crippen molar-refractivity contribution in [1.82, 2.24) is 15.6 Å². The second-order valence-corrected chi connectivity index (χ2v) is 12.2. The van der Waals surface area contributed by atoms with Gasteiger partial charge in [-0.05, 0) is 88.5 Å². The summed E-state index contributed by atoms with van der Waals surface area (Å²) in [5.74, 6) is -0.130. The van der Waals surface area contributed by atoms with Gasteiger partial charge in [-0.25, -0.2) is 0 Å². The second kappa shape index (κ2) is 23.6. The number of unbranched alkanes of at least 4 members (excludes halogenated alkanes) is 1. The Labute approximate surface area is 298 Å². The molecule has 268 valence electrons. The maximum atomic E-state index is 12.5. The molecule has 0 radical (unpaired) electrons. The second-order valence-electron chi connectivity index (χ2n) is 12.2. The molecule has 2 heterocycles. The molecule has 0 unspecified atom stereocenters. The lowest BCUT2D eigenvalue weighted by atomic mass is 10.0. The van der Waals surface area contributed by atoms with Crippen molar-refractivity contribution in [3.63, 3.8) is 0 Å². The highest BCUT2D eigenvalue weighted by Crippen LogP contribution is 2.33. The van der Waals surface area contributed by atoms with Crippen molar-refractivity contribution in [2.24, 2.45) is 0 Å². The SMILES string of the molecule is CC/C=C\C/C=C\C/C=C\C/C=C\C/C=C\CCCC(=O)NCCOCCNC(=O)CCc1c(C)[nH]c(/C=C2\C(=O)Nc3ccccc32)c1C. The molecule has 2 aromatic rings. The number of benzene rings is 1. The number of aryl methyl sites for hydroxylation is 1. The van der Waals surface area contributed by atoms with Crippen LogP contribution in [0.4, 0.5) is 5.69 Å². The summed E-state index contributed by atoms with van der Waals surface area (Å²) in [6.07, 6.45) is 31.8. The number of anilines is 1. The molecule has 0 bridgehead atoms. The monoisotopic (exact) mass is 680 g/mol. The maximum absolute atomic E-state index is 12.5. The number of H-pyrrole nitrogens is 1. The van der Waals surface area contributed by atoms with Gasteiger partial charge in [-0.1, -0.05) is 85.9 Å². The van der Waals surface area contributed by atoms with Crippen LogP contribution in [0, 0.1) is 13.8 Å². The first-order valence-electron chi connectivity index (χ1n) is 18.1. The number of ether oxygens (including phenoxy) is 1. The summed E-state index contributed by atoms with van der Waals surface area (Å²) in [7, 11) is 0. The first-order chi connectivity index (χ1) is 24.4. The number of carbonyl (C=O) groups is 3. The molecule has 0 atom stereocenters. The molecule has 8 heteroatoms. The average molecular weight is 681 g/mol. The zero-order valence-electron chi connectivity index (χ0n) is 30.2. The Morgan fingerprint density at radius 3 is 2.00 bits per heavy atom. The number of para-hydroxylation sites is 1. The highest BCUT2D eigenvalue weighted by Gasteiger charge is 2.24. The lowest BCUT2D eigenvalue weighted by Crippen LogP contribution is -2.30. The van der Waals surface area contributed by atoms with Gasteiger partial charge in [0, 0.05) is 48.6 Å². The van der Waals surface area contributed by atoms with E-state index in [0.717, 1.165) is 78.7 Å². The average Bonchev–Trinajstić information content (AvgIpc) is 3.57. The van der Waals surface area contributed by atoms with E-state index in [-0.39, 0.29) is 17.7 Å². The van der Waals surface area contributed by atoms with Crippen LogP contribution in [0.5, 0.6) is 0 Å². The van der Waals surface area contributed by atoms with Crippen LogP contribution in [0.1, 0.15) is 92.8 Å². The molecular formula is C42H56N4O4. The van der Waals surface area contributed by atoms with E-state index in [9.17, 15) is 14.4 Å². The van der Waals surface area contributed by atoms with Gasteiger partial charge in [-0.2, -0.15) is 0 Å². The van der Waals surface area contributed by atoms with Crippen molar-refractivity contribution in [3.05, 3.63) is 113 Å². The molecule has 1 aromatic carbocycles. The van der Waals surface area contributed by atoms with Gasteiger partial charge in [0.15, 0.2) is 0 Å². The Bertz CT molecular complexity index is 1560. The van der Waals surface area contributed by atoms with Gasteiger partial charge >= 0.3 is 0 Å². The summed E-state index contributed by atoms with van der Waals surface area (Å²) in [4.78, 5) is 40.4. The number of fused-ring (bicyclic) bond motifs is 1. The van der Waals surface area contributed by atoms with Crippen molar-refractivity contribution in [2.45, 2.75) is 85.0 Å². The molecule has 0 saturated heterocycles. The predicted molar refractivity (Wildman–Crippen MR) is 207 cm³/mol. The minimum Gasteiger partial charge on any atom is -0.378 e. The van der Waals surface area contributed by atoms with Gasteiger partial charge in [0.2, 0.25) is 11.8 Å². The highest BCUT2D eigenvalue weighted by molar-refractivity contribution is 6.34.